The lowest BCUT2D eigenvalue weighted by atomic mass is 9.98. The van der Waals surface area contributed by atoms with E-state index in [4.69, 9.17) is 4.74 Å². The maximum Gasteiger partial charge on any atom is 0.256 e. The SMILES string of the molecule is Cc1cc(C=C2C(=O)Nc3ccc(Br)c(C)c32)cc(C)c1OCc1ccccc1. The number of benzene rings is 3. The minimum Gasteiger partial charge on any atom is -0.488 e. The Morgan fingerprint density at radius 1 is 1.00 bits per heavy atom. The molecular formula is C25H22BrNO2. The van der Waals surface area contributed by atoms with Crippen LogP contribution in [0, 0.1) is 20.8 Å². The van der Waals surface area contributed by atoms with Gasteiger partial charge in [0.2, 0.25) is 0 Å². The van der Waals surface area contributed by atoms with Crippen molar-refractivity contribution in [1.82, 2.24) is 0 Å². The molecule has 1 aliphatic rings. The van der Waals surface area contributed by atoms with Gasteiger partial charge in [-0.25, -0.2) is 0 Å². The Labute approximate surface area is 179 Å². The van der Waals surface area contributed by atoms with Crippen molar-refractivity contribution in [3.63, 3.8) is 0 Å². The maximum absolute atomic E-state index is 12.6. The lowest BCUT2D eigenvalue weighted by Crippen LogP contribution is -2.04. The molecule has 1 aliphatic heterocycles. The van der Waals surface area contributed by atoms with Crippen molar-refractivity contribution in [3.8, 4) is 5.75 Å². The molecule has 0 radical (unpaired) electrons. The summed E-state index contributed by atoms with van der Waals surface area (Å²) in [7, 11) is 0. The second-order valence-electron chi connectivity index (χ2n) is 7.37. The van der Waals surface area contributed by atoms with E-state index in [1.54, 1.807) is 0 Å². The number of fused-ring (bicyclic) bond motifs is 1. The summed E-state index contributed by atoms with van der Waals surface area (Å²) in [6.45, 7) is 6.64. The summed E-state index contributed by atoms with van der Waals surface area (Å²) in [5.74, 6) is 0.826. The van der Waals surface area contributed by atoms with Gasteiger partial charge >= 0.3 is 0 Å². The van der Waals surface area contributed by atoms with Crippen LogP contribution in [0.5, 0.6) is 5.75 Å². The van der Waals surface area contributed by atoms with Gasteiger partial charge in [-0.1, -0.05) is 46.3 Å². The van der Waals surface area contributed by atoms with Crippen LogP contribution in [0.4, 0.5) is 5.69 Å². The van der Waals surface area contributed by atoms with E-state index in [1.165, 1.54) is 0 Å². The first-order valence-corrected chi connectivity index (χ1v) is 10.3. The molecule has 0 saturated heterocycles. The Balaban J connectivity index is 1.66. The smallest absolute Gasteiger partial charge is 0.256 e. The molecule has 0 aromatic heterocycles. The van der Waals surface area contributed by atoms with Gasteiger partial charge in [0.1, 0.15) is 12.4 Å². The van der Waals surface area contributed by atoms with Crippen molar-refractivity contribution in [2.45, 2.75) is 27.4 Å². The molecule has 29 heavy (non-hydrogen) atoms. The second-order valence-corrected chi connectivity index (χ2v) is 8.22. The Bertz CT molecular complexity index is 1110. The molecule has 4 heteroatoms. The summed E-state index contributed by atoms with van der Waals surface area (Å²) in [4.78, 5) is 12.6. The summed E-state index contributed by atoms with van der Waals surface area (Å²) in [6.07, 6.45) is 1.96. The number of nitrogens with one attached hydrogen (secondary N) is 1. The van der Waals surface area contributed by atoms with Crippen molar-refractivity contribution in [3.05, 3.63) is 92.5 Å². The first-order chi connectivity index (χ1) is 13.9. The number of rotatable bonds is 4. The topological polar surface area (TPSA) is 38.3 Å². The average Bonchev–Trinajstić information content (AvgIpc) is 3.01. The summed E-state index contributed by atoms with van der Waals surface area (Å²) in [6, 6.07) is 18.2. The highest BCUT2D eigenvalue weighted by atomic mass is 79.9. The molecule has 4 rings (SSSR count). The van der Waals surface area contributed by atoms with Gasteiger partial charge in [-0.15, -0.1) is 0 Å². The second kappa shape index (κ2) is 7.88. The molecule has 1 amide bonds. The summed E-state index contributed by atoms with van der Waals surface area (Å²) < 4.78 is 7.08. The van der Waals surface area contributed by atoms with E-state index in [0.29, 0.717) is 12.2 Å². The van der Waals surface area contributed by atoms with Crippen molar-refractivity contribution >= 4 is 39.2 Å². The van der Waals surface area contributed by atoms with Gasteiger partial charge in [0.25, 0.3) is 5.91 Å². The predicted molar refractivity (Wildman–Crippen MR) is 122 cm³/mol. The molecule has 3 nitrogen and oxygen atoms in total. The number of ether oxygens (including phenoxy) is 1. The molecule has 1 heterocycles. The maximum atomic E-state index is 12.6. The molecule has 0 aliphatic carbocycles. The van der Waals surface area contributed by atoms with Gasteiger partial charge in [-0.05, 0) is 78.9 Å². The monoisotopic (exact) mass is 447 g/mol. The van der Waals surface area contributed by atoms with Crippen LogP contribution in [-0.2, 0) is 11.4 Å². The minimum atomic E-state index is -0.0686. The third-order valence-corrected chi connectivity index (χ3v) is 6.04. The normalized spacial score (nSPS) is 14.1. The number of carbonyl (C=O) groups is 1. The quantitative estimate of drug-likeness (QED) is 0.466. The van der Waals surface area contributed by atoms with Gasteiger partial charge in [0, 0.05) is 21.3 Å². The van der Waals surface area contributed by atoms with Crippen LogP contribution in [0.25, 0.3) is 11.6 Å². The number of carbonyl (C=O) groups excluding carboxylic acids is 1. The van der Waals surface area contributed by atoms with Crippen LogP contribution in [-0.4, -0.2) is 5.91 Å². The van der Waals surface area contributed by atoms with Crippen molar-refractivity contribution in [2.75, 3.05) is 5.32 Å². The highest BCUT2D eigenvalue weighted by molar-refractivity contribution is 9.10. The molecule has 0 spiro atoms. The summed E-state index contributed by atoms with van der Waals surface area (Å²) in [5.41, 5.74) is 7.80. The van der Waals surface area contributed by atoms with Gasteiger partial charge in [-0.2, -0.15) is 0 Å². The van der Waals surface area contributed by atoms with Crippen LogP contribution in [0.3, 0.4) is 0 Å². The number of aryl methyl sites for hydroxylation is 2. The van der Waals surface area contributed by atoms with Crippen LogP contribution >= 0.6 is 15.9 Å². The van der Waals surface area contributed by atoms with Crippen LogP contribution in [0.1, 0.15) is 33.4 Å². The first-order valence-electron chi connectivity index (χ1n) is 9.54. The van der Waals surface area contributed by atoms with E-state index in [2.05, 4.69) is 45.5 Å². The number of hydrogen-bond acceptors (Lipinski definition) is 2. The first kappa shape index (κ1) is 19.5. The third kappa shape index (κ3) is 3.85. The number of amides is 1. The van der Waals surface area contributed by atoms with Crippen molar-refractivity contribution < 1.29 is 9.53 Å². The number of halogens is 1. The zero-order valence-corrected chi connectivity index (χ0v) is 18.3. The summed E-state index contributed by atoms with van der Waals surface area (Å²) >= 11 is 3.57. The minimum absolute atomic E-state index is 0.0686. The van der Waals surface area contributed by atoms with Crippen molar-refractivity contribution in [1.29, 1.82) is 0 Å². The van der Waals surface area contributed by atoms with Gasteiger partial charge in [-0.3, -0.25) is 4.79 Å². The molecule has 0 bridgehead atoms. The summed E-state index contributed by atoms with van der Waals surface area (Å²) in [5, 5.41) is 2.96. The van der Waals surface area contributed by atoms with Gasteiger partial charge < -0.3 is 10.1 Å². The highest BCUT2D eigenvalue weighted by Crippen LogP contribution is 2.39. The van der Waals surface area contributed by atoms with Crippen LogP contribution < -0.4 is 10.1 Å². The molecule has 3 aromatic carbocycles. The fourth-order valence-corrected chi connectivity index (χ4v) is 4.10. The average molecular weight is 448 g/mol. The van der Waals surface area contributed by atoms with Crippen molar-refractivity contribution in [2.24, 2.45) is 0 Å². The zero-order valence-electron chi connectivity index (χ0n) is 16.7. The largest absolute Gasteiger partial charge is 0.488 e. The van der Waals surface area contributed by atoms with E-state index in [9.17, 15) is 4.79 Å². The van der Waals surface area contributed by atoms with E-state index >= 15 is 0 Å². The van der Waals surface area contributed by atoms with E-state index < -0.39 is 0 Å². The zero-order chi connectivity index (χ0) is 20.5. The lowest BCUT2D eigenvalue weighted by Gasteiger charge is -2.14. The van der Waals surface area contributed by atoms with Crippen LogP contribution in [0.15, 0.2) is 59.1 Å². The molecule has 0 saturated carbocycles. The van der Waals surface area contributed by atoms with E-state index in [1.807, 2.05) is 57.2 Å². The Kier molecular flexibility index (Phi) is 5.29. The standard InChI is InChI=1S/C25H22BrNO2/c1-15-11-19(12-16(2)24(15)29-14-18-7-5-4-6-8-18)13-20-23-17(3)21(26)9-10-22(23)27-25(20)28/h4-13H,14H2,1-3H3,(H,27,28). The fraction of sp³-hybridized carbons (Fsp3) is 0.160. The molecule has 0 fully saturated rings. The van der Waals surface area contributed by atoms with Gasteiger partial charge in [0.15, 0.2) is 0 Å². The third-order valence-electron chi connectivity index (χ3n) is 5.18. The van der Waals surface area contributed by atoms with Gasteiger partial charge in [0.05, 0.1) is 0 Å². The Hall–Kier alpha value is -2.85. The molecule has 3 aromatic rings. The fourth-order valence-electron chi connectivity index (χ4n) is 3.77. The predicted octanol–water partition coefficient (Wildman–Crippen LogP) is 6.45. The molecular weight excluding hydrogens is 426 g/mol. The van der Waals surface area contributed by atoms with Crippen LogP contribution in [0.2, 0.25) is 0 Å². The molecule has 0 atom stereocenters. The number of anilines is 1. The number of hydrogen-bond donors (Lipinski definition) is 1. The van der Waals surface area contributed by atoms with E-state index in [-0.39, 0.29) is 5.91 Å². The molecule has 0 unspecified atom stereocenters. The highest BCUT2D eigenvalue weighted by Gasteiger charge is 2.26. The lowest BCUT2D eigenvalue weighted by molar-refractivity contribution is -0.110. The molecule has 1 N–H and O–H groups in total. The Morgan fingerprint density at radius 3 is 2.38 bits per heavy atom. The molecule has 146 valence electrons. The Morgan fingerprint density at radius 2 is 1.69 bits per heavy atom. The van der Waals surface area contributed by atoms with E-state index in [0.717, 1.165) is 49.3 Å².